The molecule has 7 heteroatoms. The zero-order chi connectivity index (χ0) is 22.9. The van der Waals surface area contributed by atoms with Crippen LogP contribution < -0.4 is 0 Å². The number of unbranched alkanes of at least 4 members (excludes halogenated alkanes) is 11. The van der Waals surface area contributed by atoms with E-state index >= 15 is 0 Å². The molecule has 0 fully saturated rings. The van der Waals surface area contributed by atoms with Crippen LogP contribution in [0, 0.1) is 0 Å². The fraction of sp³-hybridized carbons (Fsp3) is 1.00. The molecule has 0 unspecified atom stereocenters. The van der Waals surface area contributed by atoms with Crippen molar-refractivity contribution < 1.29 is 17.4 Å². The van der Waals surface area contributed by atoms with Crippen molar-refractivity contribution in [3.8, 4) is 0 Å². The first-order valence-corrected chi connectivity index (χ1v) is 20.7. The van der Waals surface area contributed by atoms with E-state index in [1.165, 1.54) is 83.1 Å². The maximum atomic E-state index is 6.79. The minimum atomic E-state index is -2.49. The summed E-state index contributed by atoms with van der Waals surface area (Å²) in [5, 5.41) is 0. The van der Waals surface area contributed by atoms with Crippen LogP contribution in [0.2, 0.25) is 44.3 Å². The van der Waals surface area contributed by atoms with Crippen molar-refractivity contribution in [1.29, 1.82) is 0 Å². The molecular weight excluding hydrogens is 425 g/mol. The summed E-state index contributed by atoms with van der Waals surface area (Å²) in [5.41, 5.74) is 0. The Kier molecular flexibility index (Phi) is 17.3. The van der Waals surface area contributed by atoms with E-state index in [1.54, 1.807) is 21.3 Å². The van der Waals surface area contributed by atoms with E-state index in [4.69, 9.17) is 17.4 Å². The normalized spacial score (nSPS) is 13.2. The van der Waals surface area contributed by atoms with Crippen molar-refractivity contribution in [2.75, 3.05) is 21.3 Å². The first kappa shape index (κ1) is 30.5. The average Bonchev–Trinajstić information content (AvgIpc) is 2.69. The van der Waals surface area contributed by atoms with Crippen molar-refractivity contribution in [2.24, 2.45) is 0 Å². The van der Waals surface area contributed by atoms with Crippen molar-refractivity contribution >= 4 is 25.4 Å². The second kappa shape index (κ2) is 17.0. The monoisotopic (exact) mass is 478 g/mol. The molecule has 0 aromatic carbocycles. The maximum Gasteiger partial charge on any atom is 0.499 e. The van der Waals surface area contributed by atoms with Crippen LogP contribution in [-0.4, -0.2) is 46.8 Å². The Morgan fingerprint density at radius 3 is 1.23 bits per heavy atom. The van der Waals surface area contributed by atoms with E-state index in [1.807, 2.05) is 0 Å². The van der Waals surface area contributed by atoms with Crippen molar-refractivity contribution in [1.82, 2.24) is 0 Å². The van der Waals surface area contributed by atoms with E-state index in [2.05, 4.69) is 33.1 Å². The zero-order valence-electron chi connectivity index (χ0n) is 21.7. The van der Waals surface area contributed by atoms with Crippen LogP contribution in [0.3, 0.4) is 0 Å². The predicted octanol–water partition coefficient (Wildman–Crippen LogP) is 7.99. The Balaban J connectivity index is 3.93. The lowest BCUT2D eigenvalue weighted by molar-refractivity contribution is 0.125. The molecule has 0 aliphatic heterocycles. The van der Waals surface area contributed by atoms with Crippen molar-refractivity contribution in [2.45, 2.75) is 128 Å². The summed E-state index contributed by atoms with van der Waals surface area (Å²) < 4.78 is 23.5. The van der Waals surface area contributed by atoms with Crippen LogP contribution >= 0.6 is 0 Å². The van der Waals surface area contributed by atoms with Gasteiger partial charge in [0, 0.05) is 27.4 Å². The van der Waals surface area contributed by atoms with E-state index < -0.39 is 25.4 Å². The summed E-state index contributed by atoms with van der Waals surface area (Å²) in [7, 11) is -0.757. The highest BCUT2D eigenvalue weighted by atomic mass is 28.4. The second-order valence-corrected chi connectivity index (χ2v) is 22.0. The quantitative estimate of drug-likeness (QED) is 0.124. The lowest BCUT2D eigenvalue weighted by Gasteiger charge is -2.35. The van der Waals surface area contributed by atoms with Gasteiger partial charge in [-0.05, 0) is 38.3 Å². The Morgan fingerprint density at radius 2 is 0.833 bits per heavy atom. The van der Waals surface area contributed by atoms with Gasteiger partial charge in [0.15, 0.2) is 16.6 Å². The molecule has 0 heterocycles. The first-order valence-electron chi connectivity index (χ1n) is 12.5. The van der Waals surface area contributed by atoms with Crippen LogP contribution in [-0.2, 0) is 17.4 Å². The van der Waals surface area contributed by atoms with E-state index in [0.29, 0.717) is 0 Å². The highest BCUT2D eigenvalue weighted by Gasteiger charge is 2.41. The molecule has 0 radical (unpaired) electrons. The van der Waals surface area contributed by atoms with Crippen LogP contribution in [0.4, 0.5) is 0 Å². The molecule has 0 bridgehead atoms. The summed E-state index contributed by atoms with van der Waals surface area (Å²) in [5.74, 6) is 0. The molecule has 0 aromatic heterocycles. The summed E-state index contributed by atoms with van der Waals surface area (Å²) in [4.78, 5) is 0. The molecule has 0 spiro atoms. The molecule has 0 atom stereocenters. The standard InChI is InChI=1S/C23H54O4Si3/c1-9-10-11-12-13-14-15-16-17-18-19-20-21-28(5,6)27-29(7,8)22-23-30(24-2,25-3)26-4/h9-23H2,1-8H3. The summed E-state index contributed by atoms with van der Waals surface area (Å²) >= 11 is 0. The summed E-state index contributed by atoms with van der Waals surface area (Å²) in [6.45, 7) is 11.8. The predicted molar refractivity (Wildman–Crippen MR) is 138 cm³/mol. The molecule has 0 rings (SSSR count). The number of rotatable bonds is 21. The summed E-state index contributed by atoms with van der Waals surface area (Å²) in [6.07, 6.45) is 16.9. The Hall–Kier alpha value is 0.491. The van der Waals surface area contributed by atoms with Crippen LogP contribution in [0.15, 0.2) is 0 Å². The topological polar surface area (TPSA) is 36.9 Å². The minimum Gasteiger partial charge on any atom is -0.456 e. The highest BCUT2D eigenvalue weighted by molar-refractivity contribution is 6.85. The van der Waals surface area contributed by atoms with Crippen LogP contribution in [0.5, 0.6) is 0 Å². The lowest BCUT2D eigenvalue weighted by Crippen LogP contribution is -2.48. The third kappa shape index (κ3) is 15.3. The van der Waals surface area contributed by atoms with Gasteiger partial charge in [0.1, 0.15) is 0 Å². The summed E-state index contributed by atoms with van der Waals surface area (Å²) in [6, 6.07) is 3.16. The van der Waals surface area contributed by atoms with Crippen molar-refractivity contribution in [3.05, 3.63) is 0 Å². The molecule has 30 heavy (non-hydrogen) atoms. The average molecular weight is 479 g/mol. The van der Waals surface area contributed by atoms with Gasteiger partial charge in [0.25, 0.3) is 0 Å². The highest BCUT2D eigenvalue weighted by Crippen LogP contribution is 2.28. The third-order valence-electron chi connectivity index (χ3n) is 6.15. The molecular formula is C23H54O4Si3. The molecule has 0 aromatic rings. The molecule has 182 valence electrons. The van der Waals surface area contributed by atoms with E-state index in [0.717, 1.165) is 12.1 Å². The van der Waals surface area contributed by atoms with E-state index in [9.17, 15) is 0 Å². The molecule has 0 N–H and O–H groups in total. The van der Waals surface area contributed by atoms with Gasteiger partial charge in [-0.2, -0.15) is 0 Å². The Morgan fingerprint density at radius 1 is 0.467 bits per heavy atom. The lowest BCUT2D eigenvalue weighted by atomic mass is 10.1. The largest absolute Gasteiger partial charge is 0.499 e. The second-order valence-electron chi connectivity index (χ2n) is 10.1. The molecule has 0 saturated carbocycles. The van der Waals surface area contributed by atoms with Gasteiger partial charge >= 0.3 is 8.80 Å². The number of hydrogen-bond acceptors (Lipinski definition) is 4. The molecule has 4 nitrogen and oxygen atoms in total. The van der Waals surface area contributed by atoms with Gasteiger partial charge in [0.2, 0.25) is 0 Å². The van der Waals surface area contributed by atoms with Crippen molar-refractivity contribution in [3.63, 3.8) is 0 Å². The van der Waals surface area contributed by atoms with Gasteiger partial charge in [-0.1, -0.05) is 84.0 Å². The third-order valence-corrected chi connectivity index (χ3v) is 16.8. The zero-order valence-corrected chi connectivity index (χ0v) is 24.7. The molecule has 0 amide bonds. The Labute approximate surface area is 192 Å². The minimum absolute atomic E-state index is 0.846. The first-order chi connectivity index (χ1) is 14.2. The van der Waals surface area contributed by atoms with Gasteiger partial charge < -0.3 is 17.4 Å². The molecule has 0 aliphatic rings. The van der Waals surface area contributed by atoms with Gasteiger partial charge in [-0.3, -0.25) is 0 Å². The SMILES string of the molecule is CCCCCCCCCCCCCC[Si](C)(C)O[Si](C)(C)CC[Si](OC)(OC)OC. The van der Waals surface area contributed by atoms with Gasteiger partial charge in [-0.15, -0.1) is 0 Å². The molecule has 0 saturated heterocycles. The Bertz CT molecular complexity index is 394. The smallest absolute Gasteiger partial charge is 0.456 e. The van der Waals surface area contributed by atoms with Gasteiger partial charge in [0.05, 0.1) is 0 Å². The van der Waals surface area contributed by atoms with E-state index in [-0.39, 0.29) is 0 Å². The number of hydrogen-bond donors (Lipinski definition) is 0. The molecule has 0 aliphatic carbocycles. The van der Waals surface area contributed by atoms with Gasteiger partial charge in [-0.25, -0.2) is 0 Å². The van der Waals surface area contributed by atoms with Crippen LogP contribution in [0.1, 0.15) is 84.0 Å². The maximum absolute atomic E-state index is 6.79. The fourth-order valence-electron chi connectivity index (χ4n) is 4.25. The fourth-order valence-corrected chi connectivity index (χ4v) is 16.9. The van der Waals surface area contributed by atoms with Crippen LogP contribution in [0.25, 0.3) is 0 Å².